The van der Waals surface area contributed by atoms with Gasteiger partial charge in [-0.3, -0.25) is 43.7 Å². The van der Waals surface area contributed by atoms with Gasteiger partial charge in [0.1, 0.15) is 28.7 Å². The maximum absolute atomic E-state index is 13.3. The smallest absolute Gasteiger partial charge is 0.266 e. The molecule has 298 valence electrons. The zero-order valence-corrected chi connectivity index (χ0v) is 33.9. The van der Waals surface area contributed by atoms with Crippen molar-refractivity contribution in [2.45, 2.75) is 103 Å². The number of fused-ring (bicyclic) bond motifs is 4. The van der Waals surface area contributed by atoms with Gasteiger partial charge in [0.2, 0.25) is 17.7 Å². The van der Waals surface area contributed by atoms with Crippen LogP contribution in [-0.4, -0.2) is 74.1 Å². The van der Waals surface area contributed by atoms with E-state index in [2.05, 4.69) is 39.2 Å². The van der Waals surface area contributed by atoms with Crippen molar-refractivity contribution in [1.29, 1.82) is 0 Å². The number of hydrogen-bond acceptors (Lipinski definition) is 10. The fourth-order valence-corrected chi connectivity index (χ4v) is 9.02. The zero-order valence-electron chi connectivity index (χ0n) is 32.4. The van der Waals surface area contributed by atoms with Crippen LogP contribution in [0, 0.1) is 20.8 Å². The van der Waals surface area contributed by atoms with E-state index in [0.717, 1.165) is 89.5 Å². The molecular weight excluding hydrogens is 766 g/mol. The third-order valence-corrected chi connectivity index (χ3v) is 12.3. The van der Waals surface area contributed by atoms with Crippen molar-refractivity contribution in [2.24, 2.45) is 4.99 Å². The van der Waals surface area contributed by atoms with E-state index in [0.29, 0.717) is 29.7 Å². The largest absolute Gasteiger partial charge is 0.493 e. The summed E-state index contributed by atoms with van der Waals surface area (Å²) in [6.07, 6.45) is 8.29. The summed E-state index contributed by atoms with van der Waals surface area (Å²) < 4.78 is 8.01. The number of imide groups is 2. The molecule has 1 saturated heterocycles. The summed E-state index contributed by atoms with van der Waals surface area (Å²) in [4.78, 5) is 70.9. The number of amides is 5. The van der Waals surface area contributed by atoms with Crippen LogP contribution < -0.4 is 15.4 Å². The van der Waals surface area contributed by atoms with Crippen LogP contribution in [0.4, 0.5) is 0 Å². The van der Waals surface area contributed by atoms with Gasteiger partial charge in [-0.25, -0.2) is 0 Å². The van der Waals surface area contributed by atoms with E-state index >= 15 is 0 Å². The summed E-state index contributed by atoms with van der Waals surface area (Å²) in [6, 6.07) is 11.0. The number of aromatic nitrogens is 3. The van der Waals surface area contributed by atoms with Gasteiger partial charge in [-0.15, -0.1) is 21.5 Å². The lowest BCUT2D eigenvalue weighted by Gasteiger charge is -2.27. The van der Waals surface area contributed by atoms with Gasteiger partial charge in [-0.1, -0.05) is 68.3 Å². The third-order valence-electron chi connectivity index (χ3n) is 10.8. The normalized spacial score (nSPS) is 17.5. The van der Waals surface area contributed by atoms with Gasteiger partial charge in [0.05, 0.1) is 29.9 Å². The second-order valence-corrected chi connectivity index (χ2v) is 16.4. The Kier molecular flexibility index (Phi) is 12.3. The maximum Gasteiger partial charge on any atom is 0.266 e. The number of piperidine rings is 1. The Bertz CT molecular complexity index is 2250. The highest BCUT2D eigenvalue weighted by molar-refractivity contribution is 7.15. The minimum atomic E-state index is -1.01. The molecule has 0 aliphatic carbocycles. The number of aliphatic imine (C=N–C) groups is 1. The molecule has 3 aliphatic rings. The van der Waals surface area contributed by atoms with Crippen molar-refractivity contribution in [2.75, 3.05) is 13.2 Å². The average Bonchev–Trinajstić information content (AvgIpc) is 3.76. The molecule has 2 aromatic carbocycles. The van der Waals surface area contributed by atoms with Gasteiger partial charge in [-0.05, 0) is 69.9 Å². The van der Waals surface area contributed by atoms with Crippen molar-refractivity contribution in [1.82, 2.24) is 30.3 Å². The number of hydrogen-bond donors (Lipinski definition) is 2. The molecule has 4 aromatic rings. The Balaban J connectivity index is 0.819. The molecule has 2 atom stereocenters. The minimum Gasteiger partial charge on any atom is -0.493 e. The van der Waals surface area contributed by atoms with Crippen LogP contribution in [-0.2, 0) is 14.4 Å². The molecule has 5 heterocycles. The monoisotopic (exact) mass is 811 g/mol. The Morgan fingerprint density at radius 2 is 1.63 bits per heavy atom. The molecule has 0 radical (unpaired) electrons. The number of rotatable bonds is 16. The number of ether oxygens (including phenoxy) is 1. The van der Waals surface area contributed by atoms with Gasteiger partial charge in [-0.2, -0.15) is 0 Å². The number of nitrogens with one attached hydrogen (secondary N) is 2. The highest BCUT2D eigenvalue weighted by Crippen LogP contribution is 2.40. The quantitative estimate of drug-likeness (QED) is 0.0911. The standard InChI is InChI=1S/C42H46ClN7O6S/c1-24-25(2)57-42-35(24)37(27-15-17-28(43)18-16-27)45-30(38-48-47-26(3)49(38)42)23-34(52)44-21-10-8-6-4-5-7-9-11-22-56-32-14-12-13-29-36(32)41(55)50(40(29)54)31-19-20-33(51)46-39(31)53/h12-18,30-31H,4-11,19-23H2,1-3H3,(H,44,52)(H,46,51,53)/t30-,31?/m0/s1. The van der Waals surface area contributed by atoms with Crippen LogP contribution in [0.1, 0.15) is 131 Å². The number of nitrogens with zero attached hydrogens (tertiary/aromatic N) is 5. The van der Waals surface area contributed by atoms with E-state index in [1.807, 2.05) is 31.2 Å². The number of unbranched alkanes of at least 4 members (excludes halogenated alkanes) is 7. The number of carbonyl (C=O) groups is 5. The molecule has 0 spiro atoms. The lowest BCUT2D eigenvalue weighted by molar-refractivity contribution is -0.136. The molecule has 13 nitrogen and oxygen atoms in total. The lowest BCUT2D eigenvalue weighted by atomic mass is 9.99. The van der Waals surface area contributed by atoms with Crippen LogP contribution in [0.25, 0.3) is 5.00 Å². The molecule has 57 heavy (non-hydrogen) atoms. The second-order valence-electron chi connectivity index (χ2n) is 14.8. The molecule has 0 saturated carbocycles. The number of carbonyl (C=O) groups excluding carboxylic acids is 5. The second kappa shape index (κ2) is 17.5. The van der Waals surface area contributed by atoms with Crippen LogP contribution in [0.15, 0.2) is 47.5 Å². The van der Waals surface area contributed by atoms with Gasteiger partial charge in [0.15, 0.2) is 5.82 Å². The zero-order chi connectivity index (χ0) is 40.2. The van der Waals surface area contributed by atoms with Gasteiger partial charge >= 0.3 is 0 Å². The molecule has 3 aliphatic heterocycles. The van der Waals surface area contributed by atoms with E-state index in [-0.39, 0.29) is 36.3 Å². The number of benzene rings is 2. The highest BCUT2D eigenvalue weighted by Gasteiger charge is 2.46. The Labute approximate surface area is 340 Å². The van der Waals surface area contributed by atoms with Crippen molar-refractivity contribution < 1.29 is 28.7 Å². The Hall–Kier alpha value is -5.21. The molecule has 5 amide bonds. The summed E-state index contributed by atoms with van der Waals surface area (Å²) in [6.45, 7) is 7.13. The maximum atomic E-state index is 13.3. The van der Waals surface area contributed by atoms with Crippen LogP contribution in [0.5, 0.6) is 5.75 Å². The molecule has 1 fully saturated rings. The molecule has 15 heteroatoms. The molecule has 1 unspecified atom stereocenters. The lowest BCUT2D eigenvalue weighted by Crippen LogP contribution is -2.54. The molecule has 0 bridgehead atoms. The molecular formula is C42H46ClN7O6S. The van der Waals surface area contributed by atoms with Gasteiger partial charge < -0.3 is 10.1 Å². The van der Waals surface area contributed by atoms with Crippen molar-refractivity contribution in [3.63, 3.8) is 0 Å². The first-order chi connectivity index (χ1) is 27.5. The van der Waals surface area contributed by atoms with Crippen molar-refractivity contribution >= 4 is 58.2 Å². The predicted octanol–water partition coefficient (Wildman–Crippen LogP) is 6.91. The summed E-state index contributed by atoms with van der Waals surface area (Å²) >= 11 is 7.91. The van der Waals surface area contributed by atoms with Gasteiger partial charge in [0, 0.05) is 34.0 Å². The molecule has 7 rings (SSSR count). The minimum absolute atomic E-state index is 0.0694. The molecule has 2 aromatic heterocycles. The predicted molar refractivity (Wildman–Crippen MR) is 216 cm³/mol. The SMILES string of the molecule is Cc1sc2c(c1C)C(c1ccc(Cl)cc1)=N[C@@H](CC(=O)NCCCCCCCCCCOc1cccc3c1C(=O)N(C1CCC(=O)NC1=O)C3=O)c1nnc(C)n1-2. The summed E-state index contributed by atoms with van der Waals surface area (Å²) in [5.41, 5.74) is 4.33. The first kappa shape index (κ1) is 40.0. The Morgan fingerprint density at radius 3 is 2.37 bits per heavy atom. The van der Waals surface area contributed by atoms with Crippen LogP contribution in [0.2, 0.25) is 5.02 Å². The van der Waals surface area contributed by atoms with E-state index in [4.69, 9.17) is 21.3 Å². The highest BCUT2D eigenvalue weighted by atomic mass is 35.5. The fourth-order valence-electron chi connectivity index (χ4n) is 7.68. The van der Waals surface area contributed by atoms with E-state index in [9.17, 15) is 24.0 Å². The number of thiophene rings is 1. The van der Waals surface area contributed by atoms with Crippen molar-refractivity contribution in [3.8, 4) is 10.8 Å². The van der Waals surface area contributed by atoms with Crippen molar-refractivity contribution in [3.05, 3.63) is 91.8 Å². The average molecular weight is 812 g/mol. The summed E-state index contributed by atoms with van der Waals surface area (Å²) in [5.74, 6) is -0.488. The van der Waals surface area contributed by atoms with E-state index < -0.39 is 35.7 Å². The number of aryl methyl sites for hydroxylation is 2. The van der Waals surface area contributed by atoms with E-state index in [1.54, 1.807) is 29.5 Å². The first-order valence-electron chi connectivity index (χ1n) is 19.6. The Morgan fingerprint density at radius 1 is 0.912 bits per heavy atom. The van der Waals surface area contributed by atoms with Crippen LogP contribution in [0.3, 0.4) is 0 Å². The summed E-state index contributed by atoms with van der Waals surface area (Å²) in [5, 5.41) is 15.9. The number of halogens is 1. The van der Waals surface area contributed by atoms with Crippen LogP contribution >= 0.6 is 22.9 Å². The fraction of sp³-hybridized carbons (Fsp3) is 0.429. The first-order valence-corrected chi connectivity index (χ1v) is 20.8. The van der Waals surface area contributed by atoms with Gasteiger partial charge in [0.25, 0.3) is 11.8 Å². The summed E-state index contributed by atoms with van der Waals surface area (Å²) in [7, 11) is 0. The third kappa shape index (κ3) is 8.43. The topological polar surface area (TPSA) is 165 Å². The van der Waals surface area contributed by atoms with E-state index in [1.165, 1.54) is 4.88 Å². The molecule has 2 N–H and O–H groups in total.